The summed E-state index contributed by atoms with van der Waals surface area (Å²) in [5, 5.41) is 4.31. The first kappa shape index (κ1) is 13.7. The molecule has 0 bridgehead atoms. The van der Waals surface area contributed by atoms with Crippen LogP contribution in [0.1, 0.15) is 45.7 Å². The van der Waals surface area contributed by atoms with Crippen molar-refractivity contribution in [3.8, 4) is 5.75 Å². The standard InChI is InChI=1S/C15H22ClNO/c1-5-17-13-9-15(4,10(2)3)18-14-7-6-11(16)8-12(13)14/h6-8,10,13,17H,5,9H2,1-4H3. The van der Waals surface area contributed by atoms with E-state index in [1.165, 1.54) is 5.56 Å². The summed E-state index contributed by atoms with van der Waals surface area (Å²) in [6.07, 6.45) is 0.978. The van der Waals surface area contributed by atoms with Crippen LogP contribution in [0.2, 0.25) is 5.02 Å². The molecule has 0 spiro atoms. The summed E-state index contributed by atoms with van der Waals surface area (Å²) in [4.78, 5) is 0. The van der Waals surface area contributed by atoms with E-state index in [-0.39, 0.29) is 5.60 Å². The smallest absolute Gasteiger partial charge is 0.125 e. The maximum absolute atomic E-state index is 6.21. The molecule has 3 heteroatoms. The van der Waals surface area contributed by atoms with Crippen molar-refractivity contribution >= 4 is 11.6 Å². The number of benzene rings is 1. The molecule has 2 rings (SSSR count). The summed E-state index contributed by atoms with van der Waals surface area (Å²) >= 11 is 6.09. The topological polar surface area (TPSA) is 21.3 Å². The lowest BCUT2D eigenvalue weighted by Gasteiger charge is -2.43. The summed E-state index contributed by atoms with van der Waals surface area (Å²) in [5.74, 6) is 1.44. The van der Waals surface area contributed by atoms with Crippen molar-refractivity contribution in [1.29, 1.82) is 0 Å². The number of fused-ring (bicyclic) bond motifs is 1. The van der Waals surface area contributed by atoms with Gasteiger partial charge >= 0.3 is 0 Å². The first-order valence-corrected chi connectivity index (χ1v) is 7.06. The summed E-state index contributed by atoms with van der Waals surface area (Å²) in [6, 6.07) is 6.23. The Labute approximate surface area is 115 Å². The molecule has 0 fully saturated rings. The lowest BCUT2D eigenvalue weighted by molar-refractivity contribution is 0.00612. The molecule has 0 aliphatic carbocycles. The molecule has 1 aliphatic heterocycles. The van der Waals surface area contributed by atoms with Crippen molar-refractivity contribution in [3.63, 3.8) is 0 Å². The Hall–Kier alpha value is -0.730. The molecule has 18 heavy (non-hydrogen) atoms. The summed E-state index contributed by atoms with van der Waals surface area (Å²) in [5.41, 5.74) is 1.07. The highest BCUT2D eigenvalue weighted by atomic mass is 35.5. The van der Waals surface area contributed by atoms with Gasteiger partial charge in [0.05, 0.1) is 0 Å². The maximum atomic E-state index is 6.21. The van der Waals surface area contributed by atoms with E-state index in [0.717, 1.165) is 23.7 Å². The average Bonchev–Trinajstić information content (AvgIpc) is 2.30. The Morgan fingerprint density at radius 3 is 2.83 bits per heavy atom. The van der Waals surface area contributed by atoms with Gasteiger partial charge in [0.15, 0.2) is 0 Å². The molecule has 1 heterocycles. The minimum absolute atomic E-state index is 0.117. The Balaban J connectivity index is 2.40. The average molecular weight is 268 g/mol. The maximum Gasteiger partial charge on any atom is 0.125 e. The molecular formula is C15H22ClNO. The van der Waals surface area contributed by atoms with Gasteiger partial charge in [-0.2, -0.15) is 0 Å². The third-order valence-electron chi connectivity index (χ3n) is 3.97. The summed E-state index contributed by atoms with van der Waals surface area (Å²) < 4.78 is 6.21. The van der Waals surface area contributed by atoms with Gasteiger partial charge in [0.1, 0.15) is 11.4 Å². The fraction of sp³-hybridized carbons (Fsp3) is 0.600. The SMILES string of the molecule is CCNC1CC(C)(C(C)C)Oc2ccc(Cl)cc21. The molecule has 1 aliphatic rings. The van der Waals surface area contributed by atoms with Crippen LogP contribution in [0.3, 0.4) is 0 Å². The highest BCUT2D eigenvalue weighted by molar-refractivity contribution is 6.30. The van der Waals surface area contributed by atoms with E-state index in [0.29, 0.717) is 12.0 Å². The quantitative estimate of drug-likeness (QED) is 0.887. The predicted octanol–water partition coefficient (Wildman–Crippen LogP) is 4.19. The second-order valence-corrected chi connectivity index (χ2v) is 6.00. The highest BCUT2D eigenvalue weighted by Crippen LogP contribution is 2.43. The molecule has 2 atom stereocenters. The molecule has 0 saturated carbocycles. The second-order valence-electron chi connectivity index (χ2n) is 5.57. The van der Waals surface area contributed by atoms with Gasteiger partial charge in [0.25, 0.3) is 0 Å². The molecule has 0 saturated heterocycles. The fourth-order valence-electron chi connectivity index (χ4n) is 2.47. The Bertz CT molecular complexity index is 433. The van der Waals surface area contributed by atoms with Crippen molar-refractivity contribution < 1.29 is 4.74 Å². The third-order valence-corrected chi connectivity index (χ3v) is 4.21. The van der Waals surface area contributed by atoms with Gasteiger partial charge in [0, 0.05) is 23.0 Å². The molecule has 0 amide bonds. The van der Waals surface area contributed by atoms with E-state index < -0.39 is 0 Å². The van der Waals surface area contributed by atoms with Gasteiger partial charge in [-0.15, -0.1) is 0 Å². The number of halogens is 1. The molecule has 0 radical (unpaired) electrons. The van der Waals surface area contributed by atoms with Gasteiger partial charge in [0.2, 0.25) is 0 Å². The molecule has 1 N–H and O–H groups in total. The van der Waals surface area contributed by atoms with Gasteiger partial charge in [-0.05, 0) is 37.6 Å². The lowest BCUT2D eigenvalue weighted by atomic mass is 9.81. The van der Waals surface area contributed by atoms with E-state index in [1.807, 2.05) is 18.2 Å². The van der Waals surface area contributed by atoms with Crippen molar-refractivity contribution in [1.82, 2.24) is 5.32 Å². The van der Waals surface area contributed by atoms with Gasteiger partial charge in [-0.25, -0.2) is 0 Å². The monoisotopic (exact) mass is 267 g/mol. The van der Waals surface area contributed by atoms with E-state index >= 15 is 0 Å². The van der Waals surface area contributed by atoms with Crippen molar-refractivity contribution in [2.75, 3.05) is 6.54 Å². The Morgan fingerprint density at radius 1 is 1.50 bits per heavy atom. The fourth-order valence-corrected chi connectivity index (χ4v) is 2.66. The zero-order valence-electron chi connectivity index (χ0n) is 11.6. The molecule has 2 unspecified atom stereocenters. The number of ether oxygens (including phenoxy) is 1. The second kappa shape index (κ2) is 5.10. The minimum atomic E-state index is -0.117. The summed E-state index contributed by atoms with van der Waals surface area (Å²) in [7, 11) is 0. The lowest BCUT2D eigenvalue weighted by Crippen LogP contribution is -2.45. The van der Waals surface area contributed by atoms with Crippen molar-refractivity contribution in [2.24, 2.45) is 5.92 Å². The number of hydrogen-bond donors (Lipinski definition) is 1. The third kappa shape index (κ3) is 2.50. The molecule has 1 aromatic carbocycles. The van der Waals surface area contributed by atoms with Gasteiger partial charge in [-0.1, -0.05) is 32.4 Å². The number of nitrogens with one attached hydrogen (secondary N) is 1. The van der Waals surface area contributed by atoms with Crippen LogP contribution in [-0.2, 0) is 0 Å². The molecule has 2 nitrogen and oxygen atoms in total. The Kier molecular flexibility index (Phi) is 3.88. The molecule has 0 aromatic heterocycles. The van der Waals surface area contributed by atoms with Crippen molar-refractivity contribution in [2.45, 2.75) is 45.8 Å². The number of rotatable bonds is 3. The number of hydrogen-bond acceptors (Lipinski definition) is 2. The van der Waals surface area contributed by atoms with E-state index in [9.17, 15) is 0 Å². The first-order valence-electron chi connectivity index (χ1n) is 6.68. The van der Waals surface area contributed by atoms with Crippen LogP contribution in [-0.4, -0.2) is 12.1 Å². The first-order chi connectivity index (χ1) is 8.46. The Morgan fingerprint density at radius 2 is 2.22 bits per heavy atom. The van der Waals surface area contributed by atoms with Crippen LogP contribution >= 0.6 is 11.6 Å². The van der Waals surface area contributed by atoms with E-state index in [4.69, 9.17) is 16.3 Å². The summed E-state index contributed by atoms with van der Waals surface area (Å²) in [6.45, 7) is 9.70. The van der Waals surface area contributed by atoms with Crippen LogP contribution in [0.25, 0.3) is 0 Å². The van der Waals surface area contributed by atoms with E-state index in [1.54, 1.807) is 0 Å². The van der Waals surface area contributed by atoms with Crippen LogP contribution in [0.5, 0.6) is 5.75 Å². The predicted molar refractivity (Wildman–Crippen MR) is 76.4 cm³/mol. The zero-order chi connectivity index (χ0) is 13.3. The van der Waals surface area contributed by atoms with Gasteiger partial charge < -0.3 is 10.1 Å². The van der Waals surface area contributed by atoms with Crippen molar-refractivity contribution in [3.05, 3.63) is 28.8 Å². The van der Waals surface area contributed by atoms with Crippen LogP contribution in [0, 0.1) is 5.92 Å². The van der Waals surface area contributed by atoms with Crippen LogP contribution < -0.4 is 10.1 Å². The highest BCUT2D eigenvalue weighted by Gasteiger charge is 2.39. The minimum Gasteiger partial charge on any atom is -0.487 e. The largest absolute Gasteiger partial charge is 0.487 e. The normalized spacial score (nSPS) is 26.9. The molecule has 1 aromatic rings. The zero-order valence-corrected chi connectivity index (χ0v) is 12.3. The van der Waals surface area contributed by atoms with Crippen LogP contribution in [0.15, 0.2) is 18.2 Å². The van der Waals surface area contributed by atoms with Crippen LogP contribution in [0.4, 0.5) is 0 Å². The van der Waals surface area contributed by atoms with E-state index in [2.05, 4.69) is 33.0 Å². The molecule has 100 valence electrons. The molecular weight excluding hydrogens is 246 g/mol. The van der Waals surface area contributed by atoms with Gasteiger partial charge in [-0.3, -0.25) is 0 Å².